The van der Waals surface area contributed by atoms with Gasteiger partial charge in [0.15, 0.2) is 0 Å². The maximum absolute atomic E-state index is 13.2. The predicted octanol–water partition coefficient (Wildman–Crippen LogP) is 0.450. The van der Waals surface area contributed by atoms with Crippen molar-refractivity contribution >= 4 is 12.1 Å². The summed E-state index contributed by atoms with van der Waals surface area (Å²) in [6, 6.07) is -3.17. The van der Waals surface area contributed by atoms with Crippen LogP contribution in [0.5, 0.6) is 0 Å². The summed E-state index contributed by atoms with van der Waals surface area (Å²) in [4.78, 5) is 24.0. The highest BCUT2D eigenvalue weighted by Gasteiger charge is 2.48. The molecule has 8 nitrogen and oxygen atoms in total. The molecule has 1 heterocycles. The van der Waals surface area contributed by atoms with Gasteiger partial charge in [-0.05, 0) is 5.53 Å². The number of halogens is 1. The Kier molecular flexibility index (Phi) is 2.96. The molecule has 1 rings (SSSR count). The second-order valence-electron chi connectivity index (χ2n) is 2.93. The first-order valence-corrected chi connectivity index (χ1v) is 3.89. The van der Waals surface area contributed by atoms with Gasteiger partial charge in [-0.3, -0.25) is 4.90 Å². The van der Waals surface area contributed by atoms with Gasteiger partial charge in [0, 0.05) is 4.91 Å². The SMILES string of the molecule is [N-]=[N+]=N[C@H]1[C@@H](C(=O)O)N(C(=O)O)C[C@@H]1F. The molecule has 0 unspecified atom stereocenters. The zero-order valence-corrected chi connectivity index (χ0v) is 7.32. The fraction of sp³-hybridized carbons (Fsp3) is 0.667. The van der Waals surface area contributed by atoms with Gasteiger partial charge in [0.05, 0.1) is 6.54 Å². The molecule has 2 N–H and O–H groups in total. The molecule has 0 aromatic rings. The average Bonchev–Trinajstić information content (AvgIpc) is 2.45. The van der Waals surface area contributed by atoms with Crippen LogP contribution < -0.4 is 0 Å². The number of azide groups is 1. The monoisotopic (exact) mass is 218 g/mol. The normalized spacial score (nSPS) is 29.7. The van der Waals surface area contributed by atoms with Crippen LogP contribution in [0, 0.1) is 0 Å². The first-order chi connectivity index (χ1) is 6.99. The third-order valence-electron chi connectivity index (χ3n) is 2.08. The van der Waals surface area contributed by atoms with E-state index in [1.807, 2.05) is 0 Å². The average molecular weight is 218 g/mol. The van der Waals surface area contributed by atoms with E-state index in [2.05, 4.69) is 10.0 Å². The lowest BCUT2D eigenvalue weighted by Crippen LogP contribution is -2.44. The number of nitrogens with zero attached hydrogens (tertiary/aromatic N) is 4. The molecule has 0 bridgehead atoms. The summed E-state index contributed by atoms with van der Waals surface area (Å²) >= 11 is 0. The Balaban J connectivity index is 3.02. The minimum Gasteiger partial charge on any atom is -0.480 e. The molecule has 1 fully saturated rings. The smallest absolute Gasteiger partial charge is 0.408 e. The highest BCUT2D eigenvalue weighted by molar-refractivity contribution is 5.81. The van der Waals surface area contributed by atoms with E-state index < -0.39 is 36.9 Å². The fourth-order valence-electron chi connectivity index (χ4n) is 1.46. The summed E-state index contributed by atoms with van der Waals surface area (Å²) in [5, 5.41) is 20.2. The van der Waals surface area contributed by atoms with E-state index in [9.17, 15) is 14.0 Å². The van der Waals surface area contributed by atoms with Crippen molar-refractivity contribution in [3.05, 3.63) is 10.4 Å². The lowest BCUT2D eigenvalue weighted by Gasteiger charge is -2.18. The number of carboxylic acids is 1. The number of hydrogen-bond donors (Lipinski definition) is 2. The largest absolute Gasteiger partial charge is 0.480 e. The Morgan fingerprint density at radius 2 is 2.13 bits per heavy atom. The van der Waals surface area contributed by atoms with Crippen LogP contribution in [0.2, 0.25) is 0 Å². The number of rotatable bonds is 2. The fourth-order valence-corrected chi connectivity index (χ4v) is 1.46. The highest BCUT2D eigenvalue weighted by atomic mass is 19.1. The van der Waals surface area contributed by atoms with E-state index in [0.29, 0.717) is 4.90 Å². The van der Waals surface area contributed by atoms with Crippen molar-refractivity contribution in [2.24, 2.45) is 5.11 Å². The van der Waals surface area contributed by atoms with Gasteiger partial charge in [-0.2, -0.15) is 0 Å². The molecule has 1 amide bonds. The van der Waals surface area contributed by atoms with Gasteiger partial charge < -0.3 is 10.2 Å². The number of carboxylic acid groups (broad SMARTS) is 2. The van der Waals surface area contributed by atoms with Crippen molar-refractivity contribution in [2.45, 2.75) is 18.3 Å². The molecule has 0 spiro atoms. The molecule has 15 heavy (non-hydrogen) atoms. The Morgan fingerprint density at radius 1 is 1.53 bits per heavy atom. The van der Waals surface area contributed by atoms with Gasteiger partial charge in [-0.25, -0.2) is 14.0 Å². The molecule has 1 saturated heterocycles. The summed E-state index contributed by atoms with van der Waals surface area (Å²) in [5.74, 6) is -1.53. The van der Waals surface area contributed by atoms with Crippen LogP contribution in [0.25, 0.3) is 10.4 Å². The molecule has 0 saturated carbocycles. The number of hydrogen-bond acceptors (Lipinski definition) is 3. The van der Waals surface area contributed by atoms with E-state index in [1.165, 1.54) is 0 Å². The molecule has 1 aliphatic rings. The molecule has 9 heteroatoms. The maximum Gasteiger partial charge on any atom is 0.408 e. The topological polar surface area (TPSA) is 127 Å². The zero-order chi connectivity index (χ0) is 11.6. The first-order valence-electron chi connectivity index (χ1n) is 3.89. The number of carbonyl (C=O) groups is 2. The molecule has 1 aliphatic heterocycles. The minimum absolute atomic E-state index is 0.409. The molecular formula is C6H7FN4O4. The molecule has 3 atom stereocenters. The quantitative estimate of drug-likeness (QED) is 0.396. The first kappa shape index (κ1) is 11.1. The summed E-state index contributed by atoms with van der Waals surface area (Å²) < 4.78 is 13.2. The standard InChI is InChI=1S/C6H7FN4O4/c7-2-1-11(6(14)15)4(5(12)13)3(2)9-10-8/h2-4H,1H2,(H,12,13)(H,14,15)/t2-,3+,4-/m0/s1. The minimum atomic E-state index is -1.79. The molecular weight excluding hydrogens is 211 g/mol. The highest BCUT2D eigenvalue weighted by Crippen LogP contribution is 2.24. The lowest BCUT2D eigenvalue weighted by atomic mass is 10.1. The third kappa shape index (κ3) is 1.91. The van der Waals surface area contributed by atoms with E-state index in [0.717, 1.165) is 0 Å². The molecule has 0 radical (unpaired) electrons. The number of amides is 1. The van der Waals surface area contributed by atoms with Crippen molar-refractivity contribution in [3.63, 3.8) is 0 Å². The van der Waals surface area contributed by atoms with Crippen LogP contribution in [-0.2, 0) is 4.79 Å². The lowest BCUT2D eigenvalue weighted by molar-refractivity contribution is -0.142. The van der Waals surface area contributed by atoms with Crippen molar-refractivity contribution < 1.29 is 24.2 Å². The van der Waals surface area contributed by atoms with Gasteiger partial charge in [-0.1, -0.05) is 5.11 Å². The molecule has 82 valence electrons. The Labute approximate surface area is 82.5 Å². The molecule has 0 aliphatic carbocycles. The summed E-state index contributed by atoms with van der Waals surface area (Å²) in [6.07, 6.45) is -3.35. The maximum atomic E-state index is 13.2. The summed E-state index contributed by atoms with van der Waals surface area (Å²) in [5.41, 5.74) is 8.10. The van der Waals surface area contributed by atoms with Gasteiger partial charge in [0.25, 0.3) is 0 Å². The zero-order valence-electron chi connectivity index (χ0n) is 7.32. The van der Waals surface area contributed by atoms with Crippen molar-refractivity contribution in [1.82, 2.24) is 4.90 Å². The van der Waals surface area contributed by atoms with Crippen molar-refractivity contribution in [2.75, 3.05) is 6.54 Å². The van der Waals surface area contributed by atoms with Gasteiger partial charge in [0.1, 0.15) is 18.3 Å². The van der Waals surface area contributed by atoms with Gasteiger partial charge in [-0.15, -0.1) is 0 Å². The van der Waals surface area contributed by atoms with Crippen molar-refractivity contribution in [1.29, 1.82) is 0 Å². The molecule has 0 aromatic carbocycles. The van der Waals surface area contributed by atoms with Gasteiger partial charge >= 0.3 is 12.1 Å². The summed E-state index contributed by atoms with van der Waals surface area (Å²) in [6.45, 7) is -0.601. The van der Waals surface area contributed by atoms with Crippen LogP contribution in [0.1, 0.15) is 0 Å². The number of alkyl halides is 1. The second-order valence-corrected chi connectivity index (χ2v) is 2.93. The van der Waals surface area contributed by atoms with Crippen LogP contribution >= 0.6 is 0 Å². The van der Waals surface area contributed by atoms with E-state index in [-0.39, 0.29) is 0 Å². The van der Waals surface area contributed by atoms with Crippen molar-refractivity contribution in [3.8, 4) is 0 Å². The van der Waals surface area contributed by atoms with Crippen LogP contribution in [0.3, 0.4) is 0 Å². The van der Waals surface area contributed by atoms with E-state index in [1.54, 1.807) is 0 Å². The second kappa shape index (κ2) is 4.01. The number of aliphatic carboxylic acids is 1. The van der Waals surface area contributed by atoms with E-state index >= 15 is 0 Å². The van der Waals surface area contributed by atoms with E-state index in [4.69, 9.17) is 15.7 Å². The number of likely N-dealkylation sites (tertiary alicyclic amines) is 1. The summed E-state index contributed by atoms with van der Waals surface area (Å²) in [7, 11) is 0. The van der Waals surface area contributed by atoms with Crippen LogP contribution in [-0.4, -0.2) is 52.0 Å². The van der Waals surface area contributed by atoms with Crippen LogP contribution in [0.4, 0.5) is 9.18 Å². The Bertz CT molecular complexity index is 342. The molecule has 0 aromatic heterocycles. The third-order valence-corrected chi connectivity index (χ3v) is 2.08. The van der Waals surface area contributed by atoms with Gasteiger partial charge in [0.2, 0.25) is 0 Å². The Hall–Kier alpha value is -2.02. The predicted molar refractivity (Wildman–Crippen MR) is 44.0 cm³/mol. The Morgan fingerprint density at radius 3 is 2.53 bits per heavy atom. The van der Waals surface area contributed by atoms with Crippen LogP contribution in [0.15, 0.2) is 5.11 Å².